The Labute approximate surface area is 243 Å². The molecule has 0 saturated carbocycles. The van der Waals surface area contributed by atoms with Crippen molar-refractivity contribution in [1.82, 2.24) is 4.98 Å². The molecule has 13 nitrogen and oxygen atoms in total. The summed E-state index contributed by atoms with van der Waals surface area (Å²) < 4.78 is 39.2. The first-order chi connectivity index (χ1) is 19.8. The van der Waals surface area contributed by atoms with Crippen LogP contribution in [-0.4, -0.2) is 66.2 Å². The average Bonchev–Trinajstić information content (AvgIpc) is 3.31. The van der Waals surface area contributed by atoms with Gasteiger partial charge in [0.1, 0.15) is 29.8 Å². The minimum absolute atomic E-state index is 0.142. The Hall–Kier alpha value is -4.30. The van der Waals surface area contributed by atoms with Gasteiger partial charge in [-0.15, -0.1) is 11.3 Å². The van der Waals surface area contributed by atoms with Gasteiger partial charge in [0.05, 0.1) is 21.7 Å². The Bertz CT molecular complexity index is 1580. The van der Waals surface area contributed by atoms with Crippen molar-refractivity contribution in [3.8, 4) is 17.0 Å². The number of hydrogen-bond donors (Lipinski definition) is 0. The lowest BCUT2D eigenvalue weighted by Gasteiger charge is -2.43. The van der Waals surface area contributed by atoms with E-state index < -0.39 is 61.2 Å². The predicted molar refractivity (Wildman–Crippen MR) is 146 cm³/mol. The predicted octanol–water partition coefficient (Wildman–Crippen LogP) is 3.00. The highest BCUT2D eigenvalue weighted by atomic mass is 32.1. The van der Waals surface area contributed by atoms with Crippen LogP contribution in [0.15, 0.2) is 32.8 Å². The number of esters is 4. The smallest absolute Gasteiger partial charge is 0.303 e. The highest BCUT2D eigenvalue weighted by Gasteiger charge is 2.53. The van der Waals surface area contributed by atoms with Gasteiger partial charge in [-0.1, -0.05) is 0 Å². The van der Waals surface area contributed by atoms with Crippen molar-refractivity contribution in [3.63, 3.8) is 0 Å². The molecule has 4 rings (SSSR count). The van der Waals surface area contributed by atoms with Crippen LogP contribution in [-0.2, 0) is 42.9 Å². The highest BCUT2D eigenvalue weighted by Crippen LogP contribution is 2.32. The van der Waals surface area contributed by atoms with Crippen molar-refractivity contribution in [2.45, 2.75) is 72.2 Å². The van der Waals surface area contributed by atoms with E-state index in [1.807, 2.05) is 6.92 Å². The van der Waals surface area contributed by atoms with Crippen LogP contribution in [0, 0.1) is 13.8 Å². The lowest BCUT2D eigenvalue weighted by Crippen LogP contribution is -2.63. The molecule has 1 fully saturated rings. The summed E-state index contributed by atoms with van der Waals surface area (Å²) >= 11 is 1.41. The molecule has 0 radical (unpaired) electrons. The number of rotatable bonds is 8. The summed E-state index contributed by atoms with van der Waals surface area (Å²) in [5.41, 5.74) is 0.790. The second-order valence-electron chi connectivity index (χ2n) is 9.46. The quantitative estimate of drug-likeness (QED) is 0.273. The van der Waals surface area contributed by atoms with Crippen LogP contribution in [0.5, 0.6) is 5.75 Å². The van der Waals surface area contributed by atoms with Crippen molar-refractivity contribution in [2.24, 2.45) is 0 Å². The maximum absolute atomic E-state index is 13.3. The largest absolute Gasteiger partial charge is 0.463 e. The molecular weight excluding hydrogens is 574 g/mol. The van der Waals surface area contributed by atoms with Crippen LogP contribution in [0.25, 0.3) is 22.2 Å². The summed E-state index contributed by atoms with van der Waals surface area (Å²) in [6.07, 6.45) is -6.74. The zero-order valence-electron chi connectivity index (χ0n) is 23.7. The monoisotopic (exact) mass is 603 g/mol. The summed E-state index contributed by atoms with van der Waals surface area (Å²) in [5, 5.41) is 2.86. The molecule has 0 N–H and O–H groups in total. The molecule has 1 aromatic carbocycles. The average molecular weight is 604 g/mol. The fourth-order valence-electron chi connectivity index (χ4n) is 4.55. The number of aromatic nitrogens is 1. The van der Waals surface area contributed by atoms with E-state index in [2.05, 4.69) is 4.98 Å². The number of benzene rings is 1. The van der Waals surface area contributed by atoms with E-state index in [1.54, 1.807) is 12.3 Å². The van der Waals surface area contributed by atoms with Gasteiger partial charge in [-0.2, -0.15) is 0 Å². The van der Waals surface area contributed by atoms with E-state index in [4.69, 9.17) is 32.8 Å². The fourth-order valence-corrected chi connectivity index (χ4v) is 5.15. The van der Waals surface area contributed by atoms with Gasteiger partial charge in [-0.3, -0.25) is 24.0 Å². The standard InChI is InChI=1S/C28H29NO12S/c1-12-23(20-11-42-13(2)29-20)24(34)19-8-7-18(9-21(19)36-12)40-28-27(39-17(6)33)26(38-16(5)32)25(37-15(4)31)22(41-28)10-35-14(3)30/h7-9,11,22,25-28H,10H2,1-6H3/t22-,25+,26+,27+,28+/m0/s1. The lowest BCUT2D eigenvalue weighted by atomic mass is 9.98. The highest BCUT2D eigenvalue weighted by molar-refractivity contribution is 7.09. The molecule has 5 atom stereocenters. The Morgan fingerprint density at radius 2 is 1.55 bits per heavy atom. The molecule has 0 aliphatic carbocycles. The summed E-state index contributed by atoms with van der Waals surface area (Å²) in [4.78, 5) is 65.3. The van der Waals surface area contributed by atoms with E-state index in [0.717, 1.165) is 25.8 Å². The van der Waals surface area contributed by atoms with Gasteiger partial charge < -0.3 is 32.8 Å². The second kappa shape index (κ2) is 12.7. The maximum atomic E-state index is 13.3. The first kappa shape index (κ1) is 30.7. The third-order valence-electron chi connectivity index (χ3n) is 6.12. The molecule has 1 aliphatic rings. The maximum Gasteiger partial charge on any atom is 0.303 e. The Balaban J connectivity index is 1.73. The molecular formula is C28H29NO12S. The third kappa shape index (κ3) is 6.94. The van der Waals surface area contributed by atoms with Gasteiger partial charge >= 0.3 is 23.9 Å². The zero-order chi connectivity index (χ0) is 30.7. The number of aryl methyl sites for hydroxylation is 2. The van der Waals surface area contributed by atoms with E-state index in [0.29, 0.717) is 17.0 Å². The zero-order valence-corrected chi connectivity index (χ0v) is 24.5. The van der Waals surface area contributed by atoms with Crippen molar-refractivity contribution >= 4 is 46.2 Å². The van der Waals surface area contributed by atoms with Gasteiger partial charge in [-0.05, 0) is 26.0 Å². The summed E-state index contributed by atoms with van der Waals surface area (Å²) in [7, 11) is 0. The molecule has 0 spiro atoms. The van der Waals surface area contributed by atoms with Crippen molar-refractivity contribution in [3.05, 3.63) is 44.6 Å². The Kier molecular flexibility index (Phi) is 9.27. The lowest BCUT2D eigenvalue weighted by molar-refractivity contribution is -0.288. The Morgan fingerprint density at radius 1 is 0.905 bits per heavy atom. The van der Waals surface area contributed by atoms with Gasteiger partial charge in [0, 0.05) is 39.1 Å². The molecule has 1 saturated heterocycles. The topological polar surface area (TPSA) is 167 Å². The molecule has 3 aromatic rings. The summed E-state index contributed by atoms with van der Waals surface area (Å²) in [6, 6.07) is 4.44. The van der Waals surface area contributed by atoms with Crippen LogP contribution < -0.4 is 10.2 Å². The van der Waals surface area contributed by atoms with Gasteiger partial charge in [0.25, 0.3) is 0 Å². The van der Waals surface area contributed by atoms with Crippen LogP contribution in [0.4, 0.5) is 0 Å². The molecule has 0 amide bonds. The summed E-state index contributed by atoms with van der Waals surface area (Å²) in [6.45, 7) is 7.64. The molecule has 2 aromatic heterocycles. The minimum atomic E-state index is -1.44. The molecule has 0 bridgehead atoms. The Morgan fingerprint density at radius 3 is 2.14 bits per heavy atom. The normalized spacial score (nSPS) is 21.8. The van der Waals surface area contributed by atoms with E-state index >= 15 is 0 Å². The first-order valence-electron chi connectivity index (χ1n) is 12.8. The third-order valence-corrected chi connectivity index (χ3v) is 6.89. The van der Waals surface area contributed by atoms with Crippen LogP contribution in [0.2, 0.25) is 0 Å². The number of ether oxygens (including phenoxy) is 6. The molecule has 14 heteroatoms. The molecule has 224 valence electrons. The summed E-state index contributed by atoms with van der Waals surface area (Å²) in [5.74, 6) is -2.43. The molecule has 42 heavy (non-hydrogen) atoms. The van der Waals surface area contributed by atoms with Crippen molar-refractivity contribution in [2.75, 3.05) is 6.61 Å². The molecule has 1 aliphatic heterocycles. The first-order valence-corrected chi connectivity index (χ1v) is 13.7. The number of nitrogens with zero attached hydrogens (tertiary/aromatic N) is 1. The molecule has 3 heterocycles. The van der Waals surface area contributed by atoms with E-state index in [1.165, 1.54) is 36.5 Å². The molecule has 0 unspecified atom stereocenters. The van der Waals surface area contributed by atoms with Crippen LogP contribution in [0.3, 0.4) is 0 Å². The number of thiazole rings is 1. The minimum Gasteiger partial charge on any atom is -0.463 e. The van der Waals surface area contributed by atoms with Gasteiger partial charge in [0.2, 0.25) is 17.8 Å². The number of carbonyl (C=O) groups is 4. The fraction of sp³-hybridized carbons (Fsp3) is 0.429. The number of carbonyl (C=O) groups excluding carboxylic acids is 4. The van der Waals surface area contributed by atoms with Gasteiger partial charge in [-0.25, -0.2) is 4.98 Å². The van der Waals surface area contributed by atoms with Crippen molar-refractivity contribution in [1.29, 1.82) is 0 Å². The van der Waals surface area contributed by atoms with Crippen LogP contribution >= 0.6 is 11.3 Å². The van der Waals surface area contributed by atoms with Crippen molar-refractivity contribution < 1.29 is 52.0 Å². The number of fused-ring (bicyclic) bond motifs is 1. The number of hydrogen-bond acceptors (Lipinski definition) is 14. The van der Waals surface area contributed by atoms with Crippen LogP contribution in [0.1, 0.15) is 38.5 Å². The van der Waals surface area contributed by atoms with E-state index in [-0.39, 0.29) is 22.1 Å². The second-order valence-corrected chi connectivity index (χ2v) is 10.5. The SMILES string of the molecule is CC(=O)OC[C@@H]1O[C@@H](Oc2ccc3c(=O)c(-c4csc(C)n4)c(C)oc3c2)[C@H](OC(C)=O)[C@H](OC(C)=O)[C@@H]1OC(C)=O. The van der Waals surface area contributed by atoms with E-state index in [9.17, 15) is 24.0 Å². The van der Waals surface area contributed by atoms with Gasteiger partial charge in [0.15, 0.2) is 12.2 Å².